The van der Waals surface area contributed by atoms with Gasteiger partial charge >= 0.3 is 0 Å². The van der Waals surface area contributed by atoms with E-state index in [0.29, 0.717) is 10.6 Å². The first-order valence-corrected chi connectivity index (χ1v) is 5.66. The predicted octanol–water partition coefficient (Wildman–Crippen LogP) is 4.19. The van der Waals surface area contributed by atoms with Gasteiger partial charge in [0.2, 0.25) is 0 Å². The van der Waals surface area contributed by atoms with E-state index in [1.165, 1.54) is 0 Å². The fraction of sp³-hybridized carbons (Fsp3) is 0.462. The monoisotopic (exact) mass is 224 g/mol. The van der Waals surface area contributed by atoms with Gasteiger partial charge in [0.05, 0.1) is 5.02 Å². The number of ketones is 1. The minimum absolute atomic E-state index is 0.0459. The van der Waals surface area contributed by atoms with Crippen LogP contribution in [-0.2, 0) is 0 Å². The maximum absolute atomic E-state index is 12.0. The molecule has 1 rings (SSSR count). The van der Waals surface area contributed by atoms with Crippen LogP contribution in [0.3, 0.4) is 0 Å². The van der Waals surface area contributed by atoms with E-state index in [0.717, 1.165) is 17.5 Å². The second-order valence-electron chi connectivity index (χ2n) is 4.09. The number of hydrogen-bond donors (Lipinski definition) is 0. The summed E-state index contributed by atoms with van der Waals surface area (Å²) in [5.74, 6) is 0.190. The SMILES string of the molecule is CCC(C)C(=O)c1cc(C)c(C)cc1Cl. The molecule has 1 aromatic rings. The Hall–Kier alpha value is -0.820. The molecular weight excluding hydrogens is 208 g/mol. The Morgan fingerprint density at radius 2 is 1.87 bits per heavy atom. The second kappa shape index (κ2) is 4.80. The molecule has 0 aliphatic heterocycles. The van der Waals surface area contributed by atoms with Gasteiger partial charge in [0, 0.05) is 11.5 Å². The van der Waals surface area contributed by atoms with Crippen LogP contribution in [0, 0.1) is 19.8 Å². The highest BCUT2D eigenvalue weighted by atomic mass is 35.5. The summed E-state index contributed by atoms with van der Waals surface area (Å²) in [6.07, 6.45) is 0.849. The number of benzene rings is 1. The third kappa shape index (κ3) is 2.60. The molecule has 0 N–H and O–H groups in total. The van der Waals surface area contributed by atoms with Crippen LogP contribution >= 0.6 is 11.6 Å². The molecule has 0 radical (unpaired) electrons. The molecule has 1 aromatic carbocycles. The molecule has 1 unspecified atom stereocenters. The fourth-order valence-electron chi connectivity index (χ4n) is 1.42. The summed E-state index contributed by atoms with van der Waals surface area (Å²) < 4.78 is 0. The average Bonchev–Trinajstić information content (AvgIpc) is 2.21. The lowest BCUT2D eigenvalue weighted by molar-refractivity contribution is 0.0927. The highest BCUT2D eigenvalue weighted by Crippen LogP contribution is 2.24. The molecule has 0 aliphatic rings. The zero-order chi connectivity index (χ0) is 11.6. The zero-order valence-electron chi connectivity index (χ0n) is 9.73. The van der Waals surface area contributed by atoms with Crippen molar-refractivity contribution in [1.82, 2.24) is 0 Å². The number of hydrogen-bond acceptors (Lipinski definition) is 1. The van der Waals surface area contributed by atoms with Gasteiger partial charge in [0.15, 0.2) is 5.78 Å². The Kier molecular flexibility index (Phi) is 3.92. The van der Waals surface area contributed by atoms with Crippen LogP contribution < -0.4 is 0 Å². The standard InChI is InChI=1S/C13H17ClO/c1-5-8(2)13(15)11-6-9(3)10(4)7-12(11)14/h6-8H,5H2,1-4H3. The number of carbonyl (C=O) groups is 1. The average molecular weight is 225 g/mol. The maximum atomic E-state index is 12.0. The van der Waals surface area contributed by atoms with E-state index in [2.05, 4.69) is 0 Å². The molecule has 1 atom stereocenters. The van der Waals surface area contributed by atoms with Crippen LogP contribution in [0.1, 0.15) is 41.8 Å². The van der Waals surface area contributed by atoms with Gasteiger partial charge in [0.1, 0.15) is 0 Å². The number of rotatable bonds is 3. The van der Waals surface area contributed by atoms with Gasteiger partial charge in [-0.25, -0.2) is 0 Å². The van der Waals surface area contributed by atoms with Crippen molar-refractivity contribution in [2.24, 2.45) is 5.92 Å². The normalized spacial score (nSPS) is 12.6. The lowest BCUT2D eigenvalue weighted by Crippen LogP contribution is -2.11. The Bertz CT molecular complexity index is 382. The molecule has 0 aliphatic carbocycles. The first-order valence-electron chi connectivity index (χ1n) is 5.28. The quantitative estimate of drug-likeness (QED) is 0.704. The molecule has 2 heteroatoms. The molecule has 0 aromatic heterocycles. The minimum atomic E-state index is 0.0459. The largest absolute Gasteiger partial charge is 0.294 e. The predicted molar refractivity (Wildman–Crippen MR) is 64.7 cm³/mol. The van der Waals surface area contributed by atoms with Crippen molar-refractivity contribution in [2.45, 2.75) is 34.1 Å². The molecule has 0 heterocycles. The summed E-state index contributed by atoms with van der Waals surface area (Å²) in [5, 5.41) is 0.573. The number of aryl methyl sites for hydroxylation is 2. The topological polar surface area (TPSA) is 17.1 Å². The van der Waals surface area contributed by atoms with Crippen molar-refractivity contribution in [3.05, 3.63) is 33.8 Å². The van der Waals surface area contributed by atoms with E-state index < -0.39 is 0 Å². The third-order valence-electron chi connectivity index (χ3n) is 2.91. The van der Waals surface area contributed by atoms with Gasteiger partial charge in [-0.05, 0) is 43.5 Å². The van der Waals surface area contributed by atoms with Gasteiger partial charge in [-0.2, -0.15) is 0 Å². The van der Waals surface area contributed by atoms with Crippen LogP contribution in [0.5, 0.6) is 0 Å². The molecule has 1 nitrogen and oxygen atoms in total. The molecule has 0 saturated heterocycles. The van der Waals surface area contributed by atoms with Crippen molar-refractivity contribution in [2.75, 3.05) is 0 Å². The smallest absolute Gasteiger partial charge is 0.167 e. The third-order valence-corrected chi connectivity index (χ3v) is 3.22. The number of halogens is 1. The Labute approximate surface area is 96.5 Å². The number of Topliss-reactive ketones (excluding diaryl/α,β-unsaturated/α-hetero) is 1. The lowest BCUT2D eigenvalue weighted by atomic mass is 9.95. The first kappa shape index (κ1) is 12.3. The van der Waals surface area contributed by atoms with Crippen LogP contribution in [0.25, 0.3) is 0 Å². The number of carbonyl (C=O) groups excluding carboxylic acids is 1. The van der Waals surface area contributed by atoms with Gasteiger partial charge < -0.3 is 0 Å². The van der Waals surface area contributed by atoms with Crippen LogP contribution in [-0.4, -0.2) is 5.78 Å². The maximum Gasteiger partial charge on any atom is 0.167 e. The van der Waals surface area contributed by atoms with Crippen molar-refractivity contribution in [3.63, 3.8) is 0 Å². The highest BCUT2D eigenvalue weighted by molar-refractivity contribution is 6.34. The molecule has 15 heavy (non-hydrogen) atoms. The molecular formula is C13H17ClO. The molecule has 0 amide bonds. The van der Waals surface area contributed by atoms with E-state index in [4.69, 9.17) is 11.6 Å². The summed E-state index contributed by atoms with van der Waals surface area (Å²) >= 11 is 6.08. The molecule has 0 spiro atoms. The van der Waals surface area contributed by atoms with Crippen molar-refractivity contribution < 1.29 is 4.79 Å². The van der Waals surface area contributed by atoms with E-state index in [1.54, 1.807) is 0 Å². The molecule has 82 valence electrons. The molecule has 0 bridgehead atoms. The Balaban J connectivity index is 3.15. The summed E-state index contributed by atoms with van der Waals surface area (Å²) in [7, 11) is 0. The summed E-state index contributed by atoms with van der Waals surface area (Å²) in [4.78, 5) is 12.0. The van der Waals surface area contributed by atoms with Gasteiger partial charge in [-0.3, -0.25) is 4.79 Å². The molecule has 0 saturated carbocycles. The van der Waals surface area contributed by atoms with Crippen molar-refractivity contribution in [1.29, 1.82) is 0 Å². The van der Waals surface area contributed by atoms with Crippen molar-refractivity contribution in [3.8, 4) is 0 Å². The Morgan fingerprint density at radius 3 is 2.40 bits per heavy atom. The van der Waals surface area contributed by atoms with Gasteiger partial charge in [-0.1, -0.05) is 25.4 Å². The lowest BCUT2D eigenvalue weighted by Gasteiger charge is -2.11. The second-order valence-corrected chi connectivity index (χ2v) is 4.50. The zero-order valence-corrected chi connectivity index (χ0v) is 10.5. The summed E-state index contributed by atoms with van der Waals surface area (Å²) in [5.41, 5.74) is 2.90. The van der Waals surface area contributed by atoms with E-state index >= 15 is 0 Å². The van der Waals surface area contributed by atoms with E-state index in [1.807, 2.05) is 39.8 Å². The summed E-state index contributed by atoms with van der Waals surface area (Å²) in [6, 6.07) is 3.76. The first-order chi connectivity index (χ1) is 6.97. The Morgan fingerprint density at radius 1 is 1.33 bits per heavy atom. The van der Waals surface area contributed by atoms with Gasteiger partial charge in [0.25, 0.3) is 0 Å². The summed E-state index contributed by atoms with van der Waals surface area (Å²) in [6.45, 7) is 7.95. The van der Waals surface area contributed by atoms with E-state index in [9.17, 15) is 4.79 Å². The minimum Gasteiger partial charge on any atom is -0.294 e. The fourth-order valence-corrected chi connectivity index (χ4v) is 1.73. The van der Waals surface area contributed by atoms with Crippen LogP contribution in [0.4, 0.5) is 0 Å². The van der Waals surface area contributed by atoms with E-state index in [-0.39, 0.29) is 11.7 Å². The molecule has 0 fully saturated rings. The highest BCUT2D eigenvalue weighted by Gasteiger charge is 2.16. The van der Waals surface area contributed by atoms with Gasteiger partial charge in [-0.15, -0.1) is 0 Å². The van der Waals surface area contributed by atoms with Crippen LogP contribution in [0.2, 0.25) is 5.02 Å². The van der Waals surface area contributed by atoms with Crippen molar-refractivity contribution >= 4 is 17.4 Å². The van der Waals surface area contributed by atoms with Crippen LogP contribution in [0.15, 0.2) is 12.1 Å².